The number of amides is 1. The molecule has 38 heavy (non-hydrogen) atoms. The molecule has 0 bridgehead atoms. The van der Waals surface area contributed by atoms with Gasteiger partial charge in [-0.15, -0.1) is 0 Å². The molecule has 0 saturated heterocycles. The van der Waals surface area contributed by atoms with Gasteiger partial charge in [-0.05, 0) is 67.0 Å². The van der Waals surface area contributed by atoms with E-state index in [1.807, 2.05) is 43.5 Å². The van der Waals surface area contributed by atoms with Gasteiger partial charge in [-0.1, -0.05) is 24.3 Å². The quantitative estimate of drug-likeness (QED) is 0.380. The molecule has 1 saturated carbocycles. The molecule has 2 aliphatic rings. The number of nitrogens with zero attached hydrogens (tertiary/aromatic N) is 4. The molecule has 1 aliphatic heterocycles. The predicted molar refractivity (Wildman–Crippen MR) is 148 cm³/mol. The van der Waals surface area contributed by atoms with E-state index in [4.69, 9.17) is 0 Å². The zero-order chi connectivity index (χ0) is 26.4. The van der Waals surface area contributed by atoms with E-state index in [9.17, 15) is 14.7 Å². The van der Waals surface area contributed by atoms with Crippen molar-refractivity contribution in [2.75, 3.05) is 16.8 Å². The fourth-order valence-electron chi connectivity index (χ4n) is 5.36. The average Bonchev–Trinajstić information content (AvgIpc) is 3.69. The third-order valence-electron chi connectivity index (χ3n) is 7.58. The summed E-state index contributed by atoms with van der Waals surface area (Å²) in [5.74, 6) is 1.18. The summed E-state index contributed by atoms with van der Waals surface area (Å²) in [5.41, 5.74) is 6.25. The summed E-state index contributed by atoms with van der Waals surface area (Å²) in [7, 11) is 1.70. The van der Waals surface area contributed by atoms with Crippen LogP contribution in [0.4, 0.5) is 17.2 Å². The van der Waals surface area contributed by atoms with Crippen LogP contribution in [0.1, 0.15) is 52.7 Å². The first kappa shape index (κ1) is 24.2. The summed E-state index contributed by atoms with van der Waals surface area (Å²) in [6, 6.07) is 15.5. The highest BCUT2D eigenvalue weighted by Crippen LogP contribution is 2.41. The summed E-state index contributed by atoms with van der Waals surface area (Å²) in [4.78, 5) is 28.3. The molecule has 6 rings (SSSR count). The van der Waals surface area contributed by atoms with Crippen LogP contribution < -0.4 is 15.8 Å². The number of benzene rings is 2. The number of pyridine rings is 1. The van der Waals surface area contributed by atoms with Gasteiger partial charge in [0.1, 0.15) is 5.69 Å². The Morgan fingerprint density at radius 1 is 1.08 bits per heavy atom. The van der Waals surface area contributed by atoms with E-state index in [-0.39, 0.29) is 18.1 Å². The topological polar surface area (TPSA) is 92.4 Å². The lowest BCUT2D eigenvalue weighted by Crippen LogP contribution is -2.38. The summed E-state index contributed by atoms with van der Waals surface area (Å²) in [5, 5.41) is 18.1. The molecule has 0 spiro atoms. The number of hydrogen-bond donors (Lipinski definition) is 2. The lowest BCUT2D eigenvalue weighted by Gasteiger charge is -2.31. The Hall–Kier alpha value is -4.17. The number of fused-ring (bicyclic) bond motifs is 1. The van der Waals surface area contributed by atoms with E-state index in [1.165, 1.54) is 23.0 Å². The van der Waals surface area contributed by atoms with Crippen molar-refractivity contribution in [3.63, 3.8) is 0 Å². The predicted octanol–water partition coefficient (Wildman–Crippen LogP) is 4.58. The van der Waals surface area contributed by atoms with Crippen LogP contribution in [-0.2, 0) is 26.6 Å². The molecular formula is C30H31N5O3. The van der Waals surface area contributed by atoms with Crippen LogP contribution in [0.2, 0.25) is 0 Å². The molecular weight excluding hydrogens is 478 g/mol. The van der Waals surface area contributed by atoms with Crippen molar-refractivity contribution in [3.05, 3.63) is 93.5 Å². The summed E-state index contributed by atoms with van der Waals surface area (Å²) in [6.07, 6.45) is 6.84. The minimum Gasteiger partial charge on any atom is -0.392 e. The van der Waals surface area contributed by atoms with Gasteiger partial charge in [0.25, 0.3) is 11.5 Å². The molecule has 1 aliphatic carbocycles. The number of aliphatic hydroxyl groups is 1. The second-order valence-electron chi connectivity index (χ2n) is 10.1. The molecule has 1 fully saturated rings. The third kappa shape index (κ3) is 4.31. The van der Waals surface area contributed by atoms with Crippen molar-refractivity contribution in [2.45, 2.75) is 45.3 Å². The van der Waals surface area contributed by atoms with Gasteiger partial charge in [-0.3, -0.25) is 14.3 Å². The van der Waals surface area contributed by atoms with Gasteiger partial charge in [0.05, 0.1) is 12.3 Å². The Morgan fingerprint density at radius 3 is 2.66 bits per heavy atom. The smallest absolute Gasteiger partial charge is 0.274 e. The fraction of sp³-hybridized carbons (Fsp3) is 0.300. The van der Waals surface area contributed by atoms with E-state index < -0.39 is 0 Å². The number of aryl methyl sites for hydroxylation is 2. The molecule has 2 N–H and O–H groups in total. The zero-order valence-corrected chi connectivity index (χ0v) is 21.6. The second kappa shape index (κ2) is 9.61. The number of aliphatic hydroxyl groups excluding tert-OH is 1. The number of carbonyl (C=O) groups is 1. The number of rotatable bonds is 7. The van der Waals surface area contributed by atoms with E-state index in [0.717, 1.165) is 35.2 Å². The monoisotopic (exact) mass is 509 g/mol. The minimum absolute atomic E-state index is 0.0465. The maximum absolute atomic E-state index is 13.6. The van der Waals surface area contributed by atoms with Crippen LogP contribution in [0.25, 0.3) is 11.1 Å². The molecule has 8 heteroatoms. The van der Waals surface area contributed by atoms with Crippen LogP contribution in [0, 0.1) is 0 Å². The molecule has 2 aromatic heterocycles. The van der Waals surface area contributed by atoms with Crippen LogP contribution in [-0.4, -0.2) is 31.9 Å². The van der Waals surface area contributed by atoms with Crippen molar-refractivity contribution in [3.8, 4) is 11.1 Å². The van der Waals surface area contributed by atoms with Gasteiger partial charge in [-0.25, -0.2) is 0 Å². The van der Waals surface area contributed by atoms with Gasteiger partial charge >= 0.3 is 0 Å². The lowest BCUT2D eigenvalue weighted by atomic mass is 9.93. The maximum Gasteiger partial charge on any atom is 0.274 e. The van der Waals surface area contributed by atoms with Crippen molar-refractivity contribution < 1.29 is 9.90 Å². The van der Waals surface area contributed by atoms with Crippen LogP contribution in [0.5, 0.6) is 0 Å². The molecule has 0 unspecified atom stereocenters. The molecule has 0 atom stereocenters. The average molecular weight is 510 g/mol. The molecule has 194 valence electrons. The first-order valence-electron chi connectivity index (χ1n) is 13.2. The number of nitrogens with one attached hydrogen (secondary N) is 1. The number of carbonyl (C=O) groups excluding carboxylic acids is 1. The Bertz CT molecular complexity index is 1600. The highest BCUT2D eigenvalue weighted by atomic mass is 16.3. The summed E-state index contributed by atoms with van der Waals surface area (Å²) >= 11 is 0. The molecule has 3 heterocycles. The first-order chi connectivity index (χ1) is 18.5. The normalized spacial score (nSPS) is 15.0. The number of aromatic nitrogens is 3. The highest BCUT2D eigenvalue weighted by molar-refractivity contribution is 6.09. The van der Waals surface area contributed by atoms with Crippen LogP contribution in [0.15, 0.2) is 65.7 Å². The molecule has 8 nitrogen and oxygen atoms in total. The number of hydrogen-bond acceptors (Lipinski definition) is 5. The van der Waals surface area contributed by atoms with E-state index >= 15 is 0 Å². The highest BCUT2D eigenvalue weighted by Gasteiger charge is 2.30. The van der Waals surface area contributed by atoms with Crippen molar-refractivity contribution in [2.24, 2.45) is 7.05 Å². The fourth-order valence-corrected chi connectivity index (χ4v) is 5.36. The van der Waals surface area contributed by atoms with E-state index in [2.05, 4.69) is 22.5 Å². The first-order valence-corrected chi connectivity index (χ1v) is 13.2. The SMILES string of the molecule is CCn1ccc(Nc2cc(-c3cccc(N4CCc5cc(C6CC6)ccc5C4=O)c3CO)cn(C)c2=O)n1. The van der Waals surface area contributed by atoms with Crippen molar-refractivity contribution >= 4 is 23.1 Å². The standard InChI is InChI=1S/C30H31N5O3/c1-3-34-13-12-28(32-34)31-26-16-22(17-33(2)30(26)38)23-5-4-6-27(25(23)18-36)35-14-11-21-15-20(19-7-8-19)9-10-24(21)29(35)37/h4-6,9-10,12-13,15-17,19,36H,3,7-8,11,14,18H2,1-2H3,(H,31,32). The second-order valence-corrected chi connectivity index (χ2v) is 10.1. The van der Waals surface area contributed by atoms with Crippen LogP contribution in [0.3, 0.4) is 0 Å². The van der Waals surface area contributed by atoms with Crippen LogP contribution >= 0.6 is 0 Å². The Labute approximate surface area is 221 Å². The van der Waals surface area contributed by atoms with Gasteiger partial charge in [-0.2, -0.15) is 5.10 Å². The minimum atomic E-state index is -0.241. The lowest BCUT2D eigenvalue weighted by molar-refractivity contribution is 0.0980. The molecule has 2 aromatic carbocycles. The number of anilines is 3. The Morgan fingerprint density at radius 2 is 1.92 bits per heavy atom. The van der Waals surface area contributed by atoms with E-state index in [0.29, 0.717) is 35.2 Å². The third-order valence-corrected chi connectivity index (χ3v) is 7.58. The zero-order valence-electron chi connectivity index (χ0n) is 21.6. The van der Waals surface area contributed by atoms with Gasteiger partial charge < -0.3 is 19.9 Å². The van der Waals surface area contributed by atoms with Gasteiger partial charge in [0.15, 0.2) is 5.82 Å². The van der Waals surface area contributed by atoms with Gasteiger partial charge in [0, 0.05) is 55.3 Å². The largest absolute Gasteiger partial charge is 0.392 e. The van der Waals surface area contributed by atoms with Crippen molar-refractivity contribution in [1.29, 1.82) is 0 Å². The molecule has 1 amide bonds. The van der Waals surface area contributed by atoms with E-state index in [1.54, 1.807) is 28.9 Å². The molecule has 4 aromatic rings. The van der Waals surface area contributed by atoms with Gasteiger partial charge in [0.2, 0.25) is 0 Å². The molecule has 0 radical (unpaired) electrons. The maximum atomic E-state index is 13.6. The summed E-state index contributed by atoms with van der Waals surface area (Å²) in [6.45, 7) is 3.04. The Kier molecular flexibility index (Phi) is 6.12. The van der Waals surface area contributed by atoms with Crippen molar-refractivity contribution in [1.82, 2.24) is 14.3 Å². The Balaban J connectivity index is 1.36. The summed E-state index contributed by atoms with van der Waals surface area (Å²) < 4.78 is 3.30.